The molecule has 170 valence electrons. The number of hydrogen-bond acceptors (Lipinski definition) is 5. The van der Waals surface area contributed by atoms with Crippen molar-refractivity contribution in [2.75, 3.05) is 44.8 Å². The minimum atomic E-state index is -2.89. The molecule has 0 radical (unpaired) electrons. The van der Waals surface area contributed by atoms with Crippen LogP contribution in [-0.2, 0) is 9.84 Å². The van der Waals surface area contributed by atoms with E-state index in [9.17, 15) is 13.2 Å². The lowest BCUT2D eigenvalue weighted by atomic mass is 9.95. The molecule has 2 aliphatic rings. The number of aromatic nitrogens is 1. The van der Waals surface area contributed by atoms with Gasteiger partial charge in [-0.3, -0.25) is 9.69 Å². The van der Waals surface area contributed by atoms with Crippen molar-refractivity contribution < 1.29 is 17.9 Å². The number of rotatable bonds is 6. The third-order valence-corrected chi connectivity index (χ3v) is 8.38. The van der Waals surface area contributed by atoms with Gasteiger partial charge in [-0.15, -0.1) is 0 Å². The number of sulfone groups is 1. The second kappa shape index (κ2) is 9.20. The fourth-order valence-electron chi connectivity index (χ4n) is 5.03. The molecule has 1 N–H and O–H groups in total. The Bertz CT molecular complexity index is 1040. The third-order valence-electron chi connectivity index (χ3n) is 6.77. The largest absolute Gasteiger partial charge is 0.497 e. The lowest BCUT2D eigenvalue weighted by Crippen LogP contribution is -2.43. The van der Waals surface area contributed by atoms with E-state index in [-0.39, 0.29) is 17.4 Å². The summed E-state index contributed by atoms with van der Waals surface area (Å²) in [5.41, 5.74) is 2.83. The number of nitrogens with zero attached hydrogens (tertiary/aromatic N) is 2. The Kier molecular flexibility index (Phi) is 6.57. The first-order chi connectivity index (χ1) is 14.9. The van der Waals surface area contributed by atoms with Gasteiger partial charge in [0.25, 0.3) is 5.91 Å². The van der Waals surface area contributed by atoms with Crippen LogP contribution in [0.5, 0.6) is 5.75 Å². The summed E-state index contributed by atoms with van der Waals surface area (Å²) in [6.45, 7) is 4.28. The Morgan fingerprint density at radius 2 is 1.87 bits per heavy atom. The Morgan fingerprint density at radius 1 is 1.16 bits per heavy atom. The summed E-state index contributed by atoms with van der Waals surface area (Å²) < 4.78 is 31.0. The number of carbonyl (C=O) groups is 1. The van der Waals surface area contributed by atoms with Gasteiger partial charge in [0.15, 0.2) is 9.84 Å². The molecule has 4 rings (SSSR count). The van der Waals surface area contributed by atoms with E-state index < -0.39 is 9.84 Å². The SMILES string of the molecule is COc1ccc2c(c1)c(C(=O)NCCN1CCS(=O)(=O)CC1)c(C)n2C1CCCCC1. The van der Waals surface area contributed by atoms with Gasteiger partial charge in [0.1, 0.15) is 5.75 Å². The van der Waals surface area contributed by atoms with Gasteiger partial charge in [0.05, 0.1) is 24.2 Å². The van der Waals surface area contributed by atoms with E-state index in [1.807, 2.05) is 19.1 Å². The number of benzene rings is 1. The quantitative estimate of drug-likeness (QED) is 0.736. The fourth-order valence-corrected chi connectivity index (χ4v) is 6.31. The highest BCUT2D eigenvalue weighted by Gasteiger charge is 2.26. The molecule has 1 aliphatic carbocycles. The third kappa shape index (κ3) is 4.75. The standard InChI is InChI=1S/C23H33N3O4S/c1-17-22(23(27)24-10-11-25-12-14-31(28,29)15-13-25)20-16-19(30-2)8-9-21(20)26(17)18-6-4-3-5-7-18/h8-9,16,18H,3-7,10-15H2,1-2H3,(H,24,27). The maximum Gasteiger partial charge on any atom is 0.253 e. The van der Waals surface area contributed by atoms with E-state index in [4.69, 9.17) is 4.74 Å². The highest BCUT2D eigenvalue weighted by molar-refractivity contribution is 7.91. The highest BCUT2D eigenvalue weighted by Crippen LogP contribution is 2.37. The van der Waals surface area contributed by atoms with E-state index in [0.717, 1.165) is 40.8 Å². The number of hydrogen-bond donors (Lipinski definition) is 1. The monoisotopic (exact) mass is 447 g/mol. The van der Waals surface area contributed by atoms with Crippen LogP contribution in [0.1, 0.15) is 54.2 Å². The number of fused-ring (bicyclic) bond motifs is 1. The predicted octanol–water partition coefficient (Wildman–Crippen LogP) is 2.92. The number of methoxy groups -OCH3 is 1. The maximum absolute atomic E-state index is 13.2. The van der Waals surface area contributed by atoms with Gasteiger partial charge in [-0.25, -0.2) is 8.42 Å². The van der Waals surface area contributed by atoms with Crippen LogP contribution in [0.15, 0.2) is 18.2 Å². The first kappa shape index (κ1) is 22.1. The lowest BCUT2D eigenvalue weighted by Gasteiger charge is -2.26. The summed E-state index contributed by atoms with van der Waals surface area (Å²) in [6.07, 6.45) is 6.04. The minimum Gasteiger partial charge on any atom is -0.497 e. The summed E-state index contributed by atoms with van der Waals surface area (Å²) in [6, 6.07) is 6.43. The Hall–Kier alpha value is -2.06. The first-order valence-electron chi connectivity index (χ1n) is 11.3. The molecule has 1 aliphatic heterocycles. The molecule has 2 fully saturated rings. The van der Waals surface area contributed by atoms with E-state index in [0.29, 0.717) is 32.2 Å². The normalized spacial score (nSPS) is 20.1. The molecule has 0 bridgehead atoms. The number of ether oxygens (including phenoxy) is 1. The average molecular weight is 448 g/mol. The fraction of sp³-hybridized carbons (Fsp3) is 0.609. The topological polar surface area (TPSA) is 80.6 Å². The van der Waals surface area contributed by atoms with Gasteiger partial charge in [-0.05, 0) is 38.0 Å². The summed E-state index contributed by atoms with van der Waals surface area (Å²) in [5, 5.41) is 4.00. The van der Waals surface area contributed by atoms with Crippen LogP contribution in [0.3, 0.4) is 0 Å². The van der Waals surface area contributed by atoms with Crippen molar-refractivity contribution >= 4 is 26.6 Å². The van der Waals surface area contributed by atoms with Crippen LogP contribution in [0.25, 0.3) is 10.9 Å². The molecular weight excluding hydrogens is 414 g/mol. The zero-order valence-electron chi connectivity index (χ0n) is 18.5. The van der Waals surface area contributed by atoms with Gasteiger partial charge in [-0.2, -0.15) is 0 Å². The molecule has 0 atom stereocenters. The molecule has 1 aromatic heterocycles. The summed E-state index contributed by atoms with van der Waals surface area (Å²) in [4.78, 5) is 15.3. The second-order valence-corrected chi connectivity index (χ2v) is 11.1. The molecule has 1 saturated carbocycles. The Morgan fingerprint density at radius 3 is 2.55 bits per heavy atom. The molecule has 1 saturated heterocycles. The molecule has 2 heterocycles. The van der Waals surface area contributed by atoms with Crippen molar-refractivity contribution in [3.63, 3.8) is 0 Å². The second-order valence-electron chi connectivity index (χ2n) is 8.75. The molecule has 0 unspecified atom stereocenters. The van der Waals surface area contributed by atoms with Gasteiger partial charge in [0.2, 0.25) is 0 Å². The highest BCUT2D eigenvalue weighted by atomic mass is 32.2. The summed E-state index contributed by atoms with van der Waals surface area (Å²) >= 11 is 0. The van der Waals surface area contributed by atoms with Gasteiger partial charge in [0, 0.05) is 48.8 Å². The zero-order valence-corrected chi connectivity index (χ0v) is 19.3. The molecule has 1 aromatic carbocycles. The molecule has 0 spiro atoms. The van der Waals surface area contributed by atoms with Gasteiger partial charge < -0.3 is 14.6 Å². The van der Waals surface area contributed by atoms with E-state index in [2.05, 4.69) is 20.9 Å². The number of amides is 1. The first-order valence-corrected chi connectivity index (χ1v) is 13.1. The summed E-state index contributed by atoms with van der Waals surface area (Å²) in [5.74, 6) is 1.08. The van der Waals surface area contributed by atoms with Crippen LogP contribution in [0.2, 0.25) is 0 Å². The van der Waals surface area contributed by atoms with Crippen molar-refractivity contribution in [3.8, 4) is 5.75 Å². The summed E-state index contributed by atoms with van der Waals surface area (Å²) in [7, 11) is -1.24. The average Bonchev–Trinajstić information content (AvgIpc) is 3.06. The molecule has 8 heteroatoms. The van der Waals surface area contributed by atoms with E-state index in [1.54, 1.807) is 7.11 Å². The van der Waals surface area contributed by atoms with Crippen LogP contribution >= 0.6 is 0 Å². The molecule has 7 nitrogen and oxygen atoms in total. The van der Waals surface area contributed by atoms with Crippen molar-refractivity contribution in [3.05, 3.63) is 29.5 Å². The van der Waals surface area contributed by atoms with Crippen LogP contribution in [0, 0.1) is 6.92 Å². The van der Waals surface area contributed by atoms with Gasteiger partial charge in [-0.1, -0.05) is 19.3 Å². The molecule has 2 aromatic rings. The lowest BCUT2D eigenvalue weighted by molar-refractivity contribution is 0.0949. The van der Waals surface area contributed by atoms with Gasteiger partial charge >= 0.3 is 0 Å². The minimum absolute atomic E-state index is 0.0741. The van der Waals surface area contributed by atoms with Crippen molar-refractivity contribution in [2.24, 2.45) is 0 Å². The predicted molar refractivity (Wildman–Crippen MR) is 123 cm³/mol. The Balaban J connectivity index is 1.54. The number of nitrogens with one attached hydrogen (secondary N) is 1. The van der Waals surface area contributed by atoms with Crippen LogP contribution in [-0.4, -0.2) is 68.6 Å². The van der Waals surface area contributed by atoms with E-state index >= 15 is 0 Å². The Labute approximate surface area is 184 Å². The van der Waals surface area contributed by atoms with Crippen LogP contribution < -0.4 is 10.1 Å². The molecule has 31 heavy (non-hydrogen) atoms. The molecular formula is C23H33N3O4S. The van der Waals surface area contributed by atoms with Crippen molar-refractivity contribution in [1.29, 1.82) is 0 Å². The molecule has 1 amide bonds. The zero-order chi connectivity index (χ0) is 22.0. The van der Waals surface area contributed by atoms with Crippen LogP contribution in [0.4, 0.5) is 0 Å². The number of carbonyl (C=O) groups excluding carboxylic acids is 1. The van der Waals surface area contributed by atoms with E-state index in [1.165, 1.54) is 19.3 Å². The smallest absolute Gasteiger partial charge is 0.253 e. The van der Waals surface area contributed by atoms with Crippen molar-refractivity contribution in [1.82, 2.24) is 14.8 Å². The maximum atomic E-state index is 13.2. The van der Waals surface area contributed by atoms with Crippen molar-refractivity contribution in [2.45, 2.75) is 45.1 Å².